The van der Waals surface area contributed by atoms with Gasteiger partial charge in [0.1, 0.15) is 0 Å². The topological polar surface area (TPSA) is 58.4 Å². The Bertz CT molecular complexity index is 421. The van der Waals surface area contributed by atoms with Crippen molar-refractivity contribution in [2.24, 2.45) is 0 Å². The summed E-state index contributed by atoms with van der Waals surface area (Å²) in [4.78, 5) is 14.1. The molecule has 0 aliphatic rings. The second kappa shape index (κ2) is 6.75. The number of rotatable bonds is 5. The summed E-state index contributed by atoms with van der Waals surface area (Å²) in [5, 5.41) is 2.87. The Hall–Kier alpha value is -1.07. The third kappa shape index (κ3) is 4.31. The molecule has 5 heteroatoms. The van der Waals surface area contributed by atoms with E-state index in [1.807, 2.05) is 13.1 Å². The van der Waals surface area contributed by atoms with Crippen LogP contribution in [0.2, 0.25) is 0 Å². The zero-order chi connectivity index (χ0) is 13.7. The minimum Gasteiger partial charge on any atom is -0.398 e. The number of hydrogen-bond donors (Lipinski definition) is 2. The van der Waals surface area contributed by atoms with E-state index in [2.05, 4.69) is 40.0 Å². The van der Waals surface area contributed by atoms with E-state index < -0.39 is 0 Å². The Morgan fingerprint density at radius 1 is 1.50 bits per heavy atom. The lowest BCUT2D eigenvalue weighted by atomic mass is 10.1. The number of carbonyl (C=O) groups is 1. The van der Waals surface area contributed by atoms with Gasteiger partial charge in [-0.25, -0.2) is 0 Å². The highest BCUT2D eigenvalue weighted by atomic mass is 79.9. The van der Waals surface area contributed by atoms with Crippen molar-refractivity contribution >= 4 is 27.5 Å². The van der Waals surface area contributed by atoms with Gasteiger partial charge < -0.3 is 16.0 Å². The van der Waals surface area contributed by atoms with Crippen molar-refractivity contribution in [2.45, 2.75) is 19.9 Å². The Morgan fingerprint density at radius 2 is 2.17 bits per heavy atom. The largest absolute Gasteiger partial charge is 0.398 e. The zero-order valence-electron chi connectivity index (χ0n) is 11.0. The molecule has 0 radical (unpaired) electrons. The number of likely N-dealkylation sites (N-methyl/N-ethyl adjacent to an activating group) is 1. The number of anilines is 1. The molecule has 0 unspecified atom stereocenters. The number of benzene rings is 1. The molecule has 0 saturated carbocycles. The minimum absolute atomic E-state index is 0.128. The fraction of sp³-hybridized carbons (Fsp3) is 0.462. The molecule has 3 N–H and O–H groups in total. The molecule has 1 rings (SSSR count). The SMILES string of the molecule is CC(C)N(C)CCNC(=O)c1ccc(Br)cc1N. The van der Waals surface area contributed by atoms with Gasteiger partial charge in [0.2, 0.25) is 0 Å². The quantitative estimate of drug-likeness (QED) is 0.818. The second-order valence-corrected chi connectivity index (χ2v) is 5.48. The Labute approximate surface area is 117 Å². The summed E-state index contributed by atoms with van der Waals surface area (Å²) in [6, 6.07) is 5.74. The molecule has 0 spiro atoms. The lowest BCUT2D eigenvalue weighted by molar-refractivity contribution is 0.0949. The van der Waals surface area contributed by atoms with Crippen molar-refractivity contribution in [3.05, 3.63) is 28.2 Å². The highest BCUT2D eigenvalue weighted by Gasteiger charge is 2.10. The molecule has 0 aliphatic carbocycles. The van der Waals surface area contributed by atoms with Gasteiger partial charge in [0.15, 0.2) is 0 Å². The molecule has 1 aromatic rings. The van der Waals surface area contributed by atoms with Crippen LogP contribution in [0.4, 0.5) is 5.69 Å². The highest BCUT2D eigenvalue weighted by Crippen LogP contribution is 2.18. The van der Waals surface area contributed by atoms with Gasteiger partial charge in [-0.15, -0.1) is 0 Å². The monoisotopic (exact) mass is 313 g/mol. The number of nitrogens with zero attached hydrogens (tertiary/aromatic N) is 1. The Morgan fingerprint density at radius 3 is 2.72 bits per heavy atom. The summed E-state index contributed by atoms with van der Waals surface area (Å²) in [6.07, 6.45) is 0. The molecule has 100 valence electrons. The molecule has 0 heterocycles. The van der Waals surface area contributed by atoms with Crippen LogP contribution in [0, 0.1) is 0 Å². The highest BCUT2D eigenvalue weighted by molar-refractivity contribution is 9.10. The van der Waals surface area contributed by atoms with Crippen molar-refractivity contribution in [1.29, 1.82) is 0 Å². The molecule has 0 aromatic heterocycles. The van der Waals surface area contributed by atoms with E-state index >= 15 is 0 Å². The summed E-state index contributed by atoms with van der Waals surface area (Å²) in [5.74, 6) is -0.128. The molecule has 4 nitrogen and oxygen atoms in total. The number of halogens is 1. The lowest BCUT2D eigenvalue weighted by Crippen LogP contribution is -2.36. The number of nitrogens with one attached hydrogen (secondary N) is 1. The number of carbonyl (C=O) groups excluding carboxylic acids is 1. The summed E-state index contributed by atoms with van der Waals surface area (Å²) in [5.41, 5.74) is 6.80. The van der Waals surface area contributed by atoms with Gasteiger partial charge in [-0.2, -0.15) is 0 Å². The third-order valence-corrected chi connectivity index (χ3v) is 3.38. The Balaban J connectivity index is 2.51. The first-order valence-corrected chi connectivity index (χ1v) is 6.74. The average molecular weight is 314 g/mol. The molecule has 1 aromatic carbocycles. The molecule has 0 aliphatic heterocycles. The van der Waals surface area contributed by atoms with E-state index in [1.165, 1.54) is 0 Å². The van der Waals surface area contributed by atoms with Gasteiger partial charge in [-0.3, -0.25) is 4.79 Å². The maximum atomic E-state index is 11.9. The van der Waals surface area contributed by atoms with Crippen molar-refractivity contribution in [2.75, 3.05) is 25.9 Å². The molecule has 0 fully saturated rings. The van der Waals surface area contributed by atoms with Crippen LogP contribution in [0.3, 0.4) is 0 Å². The van der Waals surface area contributed by atoms with Gasteiger partial charge in [0.05, 0.1) is 5.56 Å². The molecule has 0 saturated heterocycles. The number of nitrogen functional groups attached to an aromatic ring is 1. The smallest absolute Gasteiger partial charge is 0.253 e. The van der Waals surface area contributed by atoms with Gasteiger partial charge in [-0.1, -0.05) is 15.9 Å². The minimum atomic E-state index is -0.128. The fourth-order valence-electron chi connectivity index (χ4n) is 1.44. The van der Waals surface area contributed by atoms with Gasteiger partial charge in [-0.05, 0) is 39.1 Å². The van der Waals surface area contributed by atoms with E-state index in [9.17, 15) is 4.79 Å². The molecule has 0 bridgehead atoms. The number of amides is 1. The predicted octanol–water partition coefficient (Wildman–Crippen LogP) is 2.10. The molecular weight excluding hydrogens is 294 g/mol. The third-order valence-electron chi connectivity index (χ3n) is 2.89. The van der Waals surface area contributed by atoms with E-state index in [0.29, 0.717) is 23.8 Å². The molecule has 18 heavy (non-hydrogen) atoms. The van der Waals surface area contributed by atoms with Crippen LogP contribution in [0.1, 0.15) is 24.2 Å². The van der Waals surface area contributed by atoms with Crippen LogP contribution < -0.4 is 11.1 Å². The summed E-state index contributed by atoms with van der Waals surface area (Å²) >= 11 is 3.31. The summed E-state index contributed by atoms with van der Waals surface area (Å²) < 4.78 is 0.871. The number of hydrogen-bond acceptors (Lipinski definition) is 3. The van der Waals surface area contributed by atoms with Gasteiger partial charge in [0, 0.05) is 29.3 Å². The predicted molar refractivity (Wildman–Crippen MR) is 78.7 cm³/mol. The van der Waals surface area contributed by atoms with Crippen molar-refractivity contribution in [3.63, 3.8) is 0 Å². The maximum absolute atomic E-state index is 11.9. The van der Waals surface area contributed by atoms with Crippen LogP contribution in [0.25, 0.3) is 0 Å². The van der Waals surface area contributed by atoms with Crippen LogP contribution in [0.5, 0.6) is 0 Å². The van der Waals surface area contributed by atoms with Crippen LogP contribution >= 0.6 is 15.9 Å². The van der Waals surface area contributed by atoms with Gasteiger partial charge in [0.25, 0.3) is 5.91 Å². The van der Waals surface area contributed by atoms with Crippen molar-refractivity contribution in [1.82, 2.24) is 10.2 Å². The normalized spacial score (nSPS) is 11.0. The standard InChI is InChI=1S/C13H20BrN3O/c1-9(2)17(3)7-6-16-13(18)11-5-4-10(14)8-12(11)15/h4-5,8-9H,6-7,15H2,1-3H3,(H,16,18). The van der Waals surface area contributed by atoms with E-state index in [-0.39, 0.29) is 5.91 Å². The van der Waals surface area contributed by atoms with Gasteiger partial charge >= 0.3 is 0 Å². The van der Waals surface area contributed by atoms with E-state index in [1.54, 1.807) is 12.1 Å². The lowest BCUT2D eigenvalue weighted by Gasteiger charge is -2.21. The van der Waals surface area contributed by atoms with Crippen molar-refractivity contribution < 1.29 is 4.79 Å². The zero-order valence-corrected chi connectivity index (χ0v) is 12.6. The molecular formula is C13H20BrN3O. The summed E-state index contributed by atoms with van der Waals surface area (Å²) in [6.45, 7) is 5.67. The first-order valence-electron chi connectivity index (χ1n) is 5.95. The molecule has 0 atom stereocenters. The molecule has 1 amide bonds. The Kier molecular flexibility index (Phi) is 5.62. The first kappa shape index (κ1) is 15.0. The van der Waals surface area contributed by atoms with Crippen molar-refractivity contribution in [3.8, 4) is 0 Å². The average Bonchev–Trinajstić information content (AvgIpc) is 2.28. The first-order chi connectivity index (χ1) is 8.41. The fourth-order valence-corrected chi connectivity index (χ4v) is 1.82. The summed E-state index contributed by atoms with van der Waals surface area (Å²) in [7, 11) is 2.03. The van der Waals surface area contributed by atoms with Crippen LogP contribution in [-0.2, 0) is 0 Å². The van der Waals surface area contributed by atoms with Crippen LogP contribution in [0.15, 0.2) is 22.7 Å². The maximum Gasteiger partial charge on any atom is 0.253 e. The van der Waals surface area contributed by atoms with E-state index in [0.717, 1.165) is 11.0 Å². The second-order valence-electron chi connectivity index (χ2n) is 4.56. The number of nitrogens with two attached hydrogens (primary N) is 1. The van der Waals surface area contributed by atoms with Crippen LogP contribution in [-0.4, -0.2) is 37.0 Å². The van der Waals surface area contributed by atoms with E-state index in [4.69, 9.17) is 5.73 Å².